The van der Waals surface area contributed by atoms with Gasteiger partial charge in [-0.2, -0.15) is 0 Å². The Morgan fingerprint density at radius 1 is 1.24 bits per heavy atom. The molecule has 3 nitrogen and oxygen atoms in total. The number of amides is 1. The largest absolute Gasteiger partial charge is 0.356 e. The molecule has 0 aromatic carbocycles. The molecule has 0 aromatic heterocycles. The van der Waals surface area contributed by atoms with E-state index in [2.05, 4.69) is 5.32 Å². The summed E-state index contributed by atoms with van der Waals surface area (Å²) in [4.78, 5) is 11.6. The van der Waals surface area contributed by atoms with Gasteiger partial charge in [0.15, 0.2) is 0 Å². The Bertz CT molecular complexity index is 245. The number of rotatable bonds is 7. The molecule has 0 bridgehead atoms. The molecule has 0 aromatic rings. The second-order valence-electron chi connectivity index (χ2n) is 5.85. The summed E-state index contributed by atoms with van der Waals surface area (Å²) in [6, 6.07) is 0.102. The van der Waals surface area contributed by atoms with Gasteiger partial charge in [0, 0.05) is 19.0 Å². The summed E-state index contributed by atoms with van der Waals surface area (Å²) < 4.78 is 0. The average molecular weight is 238 g/mol. The summed E-state index contributed by atoms with van der Waals surface area (Å²) in [6.45, 7) is 0.840. The Hall–Kier alpha value is -0.570. The van der Waals surface area contributed by atoms with Crippen LogP contribution in [0.3, 0.4) is 0 Å². The number of carbonyl (C=O) groups excluding carboxylic acids is 1. The first-order valence-corrected chi connectivity index (χ1v) is 7.28. The van der Waals surface area contributed by atoms with Crippen molar-refractivity contribution in [2.45, 2.75) is 63.8 Å². The first-order valence-electron chi connectivity index (χ1n) is 7.28. The SMILES string of the molecule is NC(CC(=O)NCCCC1CCCC1)C1CC1. The monoisotopic (exact) mass is 238 g/mol. The van der Waals surface area contributed by atoms with Gasteiger partial charge >= 0.3 is 0 Å². The highest BCUT2D eigenvalue weighted by atomic mass is 16.1. The van der Waals surface area contributed by atoms with Crippen molar-refractivity contribution in [1.29, 1.82) is 0 Å². The minimum absolute atomic E-state index is 0.102. The summed E-state index contributed by atoms with van der Waals surface area (Å²) in [5.74, 6) is 1.70. The van der Waals surface area contributed by atoms with Crippen molar-refractivity contribution >= 4 is 5.91 Å². The van der Waals surface area contributed by atoms with Crippen LogP contribution in [0, 0.1) is 11.8 Å². The number of hydrogen-bond acceptors (Lipinski definition) is 2. The fourth-order valence-electron chi connectivity index (χ4n) is 2.89. The fraction of sp³-hybridized carbons (Fsp3) is 0.929. The first-order chi connectivity index (χ1) is 8.25. The lowest BCUT2D eigenvalue weighted by Gasteiger charge is -2.11. The summed E-state index contributed by atoms with van der Waals surface area (Å²) in [5.41, 5.74) is 5.92. The molecular weight excluding hydrogens is 212 g/mol. The molecule has 0 saturated heterocycles. The molecule has 2 saturated carbocycles. The standard InChI is InChI=1S/C14H26N2O/c15-13(12-7-8-12)10-14(17)16-9-3-6-11-4-1-2-5-11/h11-13H,1-10,15H2,(H,16,17). The van der Waals surface area contributed by atoms with Crippen molar-refractivity contribution in [2.24, 2.45) is 17.6 Å². The molecule has 0 spiro atoms. The molecule has 98 valence electrons. The van der Waals surface area contributed by atoms with Gasteiger partial charge in [-0.15, -0.1) is 0 Å². The van der Waals surface area contributed by atoms with E-state index < -0.39 is 0 Å². The van der Waals surface area contributed by atoms with Crippen LogP contribution in [0.25, 0.3) is 0 Å². The predicted octanol–water partition coefficient (Wildman–Crippen LogP) is 2.20. The molecule has 3 N–H and O–H groups in total. The number of nitrogens with one attached hydrogen (secondary N) is 1. The molecule has 0 aliphatic heterocycles. The zero-order chi connectivity index (χ0) is 12.1. The zero-order valence-electron chi connectivity index (χ0n) is 10.8. The molecule has 2 aliphatic rings. The first kappa shape index (κ1) is 12.9. The summed E-state index contributed by atoms with van der Waals surface area (Å²) in [5, 5.41) is 3.00. The van der Waals surface area contributed by atoms with E-state index in [-0.39, 0.29) is 11.9 Å². The van der Waals surface area contributed by atoms with Crippen LogP contribution in [0.2, 0.25) is 0 Å². The molecule has 1 atom stereocenters. The Balaban J connectivity index is 1.47. The lowest BCUT2D eigenvalue weighted by atomic mass is 10.0. The Morgan fingerprint density at radius 2 is 1.94 bits per heavy atom. The van der Waals surface area contributed by atoms with Gasteiger partial charge in [-0.3, -0.25) is 4.79 Å². The molecular formula is C14H26N2O. The second kappa shape index (κ2) is 6.39. The molecule has 0 heterocycles. The van der Waals surface area contributed by atoms with Crippen LogP contribution in [0.5, 0.6) is 0 Å². The highest BCUT2D eigenvalue weighted by Crippen LogP contribution is 2.32. The topological polar surface area (TPSA) is 55.1 Å². The molecule has 2 aliphatic carbocycles. The molecule has 1 unspecified atom stereocenters. The van der Waals surface area contributed by atoms with Gasteiger partial charge in [0.05, 0.1) is 0 Å². The predicted molar refractivity (Wildman–Crippen MR) is 69.5 cm³/mol. The van der Waals surface area contributed by atoms with Crippen LogP contribution in [0.1, 0.15) is 57.8 Å². The maximum atomic E-state index is 11.6. The van der Waals surface area contributed by atoms with Crippen LogP contribution in [0.15, 0.2) is 0 Å². The van der Waals surface area contributed by atoms with E-state index in [1.54, 1.807) is 0 Å². The molecule has 2 fully saturated rings. The number of nitrogens with two attached hydrogens (primary N) is 1. The molecule has 3 heteroatoms. The Morgan fingerprint density at radius 3 is 2.59 bits per heavy atom. The van der Waals surface area contributed by atoms with Crippen molar-refractivity contribution in [1.82, 2.24) is 5.32 Å². The van der Waals surface area contributed by atoms with Gasteiger partial charge in [-0.1, -0.05) is 25.7 Å². The van der Waals surface area contributed by atoms with E-state index in [1.165, 1.54) is 44.9 Å². The van der Waals surface area contributed by atoms with Crippen LogP contribution < -0.4 is 11.1 Å². The van der Waals surface area contributed by atoms with Crippen molar-refractivity contribution in [3.63, 3.8) is 0 Å². The number of carbonyl (C=O) groups is 1. The van der Waals surface area contributed by atoms with Crippen LogP contribution >= 0.6 is 0 Å². The quantitative estimate of drug-likeness (QED) is 0.668. The highest BCUT2D eigenvalue weighted by Gasteiger charge is 2.29. The number of hydrogen-bond donors (Lipinski definition) is 2. The minimum Gasteiger partial charge on any atom is -0.356 e. The van der Waals surface area contributed by atoms with Crippen LogP contribution in [0.4, 0.5) is 0 Å². The third-order valence-electron chi connectivity index (χ3n) is 4.23. The van der Waals surface area contributed by atoms with Gasteiger partial charge in [-0.25, -0.2) is 0 Å². The maximum absolute atomic E-state index is 11.6. The molecule has 17 heavy (non-hydrogen) atoms. The average Bonchev–Trinajstić information content (AvgIpc) is 3.03. The Labute approximate surface area is 105 Å². The normalized spacial score (nSPS) is 22.6. The van der Waals surface area contributed by atoms with Crippen LogP contribution in [-0.2, 0) is 4.79 Å². The summed E-state index contributed by atoms with van der Waals surface area (Å²) in [6.07, 6.45) is 11.0. The Kier molecular flexibility index (Phi) is 4.84. The smallest absolute Gasteiger partial charge is 0.221 e. The van der Waals surface area contributed by atoms with E-state index >= 15 is 0 Å². The molecule has 1 amide bonds. The summed E-state index contributed by atoms with van der Waals surface area (Å²) in [7, 11) is 0. The molecule has 2 rings (SSSR count). The van der Waals surface area contributed by atoms with E-state index in [4.69, 9.17) is 5.73 Å². The van der Waals surface area contributed by atoms with Gasteiger partial charge in [0.2, 0.25) is 5.91 Å². The molecule has 0 radical (unpaired) electrons. The third kappa shape index (κ3) is 4.66. The third-order valence-corrected chi connectivity index (χ3v) is 4.23. The van der Waals surface area contributed by atoms with Crippen molar-refractivity contribution in [3.8, 4) is 0 Å². The van der Waals surface area contributed by atoms with Gasteiger partial charge in [0.25, 0.3) is 0 Å². The van der Waals surface area contributed by atoms with Crippen LogP contribution in [-0.4, -0.2) is 18.5 Å². The van der Waals surface area contributed by atoms with E-state index in [1.807, 2.05) is 0 Å². The minimum atomic E-state index is 0.102. The highest BCUT2D eigenvalue weighted by molar-refractivity contribution is 5.76. The maximum Gasteiger partial charge on any atom is 0.221 e. The van der Waals surface area contributed by atoms with Crippen molar-refractivity contribution in [3.05, 3.63) is 0 Å². The van der Waals surface area contributed by atoms with E-state index in [0.29, 0.717) is 12.3 Å². The van der Waals surface area contributed by atoms with Gasteiger partial charge in [0.1, 0.15) is 0 Å². The van der Waals surface area contributed by atoms with Gasteiger partial charge < -0.3 is 11.1 Å². The van der Waals surface area contributed by atoms with Gasteiger partial charge in [-0.05, 0) is 37.5 Å². The van der Waals surface area contributed by atoms with Crippen molar-refractivity contribution < 1.29 is 4.79 Å². The fourth-order valence-corrected chi connectivity index (χ4v) is 2.89. The lowest BCUT2D eigenvalue weighted by Crippen LogP contribution is -2.33. The lowest BCUT2D eigenvalue weighted by molar-refractivity contribution is -0.121. The summed E-state index contributed by atoms with van der Waals surface area (Å²) >= 11 is 0. The zero-order valence-corrected chi connectivity index (χ0v) is 10.8. The van der Waals surface area contributed by atoms with Crippen molar-refractivity contribution in [2.75, 3.05) is 6.54 Å². The van der Waals surface area contributed by atoms with E-state index in [9.17, 15) is 4.79 Å². The second-order valence-corrected chi connectivity index (χ2v) is 5.85. The van der Waals surface area contributed by atoms with E-state index in [0.717, 1.165) is 18.9 Å².